The fraction of sp³-hybridized carbons (Fsp3) is 0.423. The van der Waals surface area contributed by atoms with E-state index >= 15 is 0 Å². The first-order valence-electron chi connectivity index (χ1n) is 12.4. The summed E-state index contributed by atoms with van der Waals surface area (Å²) in [5.41, 5.74) is 0.139. The summed E-state index contributed by atoms with van der Waals surface area (Å²) in [6.45, 7) is -1.18. The van der Waals surface area contributed by atoms with Crippen LogP contribution in [0.2, 0.25) is 0 Å². The van der Waals surface area contributed by atoms with Crippen LogP contribution in [-0.4, -0.2) is 120 Å². The summed E-state index contributed by atoms with van der Waals surface area (Å²) in [6.07, 6.45) is -14.6. The standard InChI is InChI=1S/C26H28O15/c27-7-18-20(34)21(35)24(41-25-22(36)19(33)15(32)8-37-25)26(40-18)39-17-6-11-13(30)4-10(28)5-16(11)38-23(17)9-1-2-12(29)14(31)3-9/h1-6,15,18-22,24-27,32-36H,7-8H2,(H3-,28,29,30,31)/p+1/t15-,18?,19?,20-,21?,22-,24?,25+,26-/m1/s1. The average molecular weight is 582 g/mol. The van der Waals surface area contributed by atoms with E-state index in [4.69, 9.17) is 23.4 Å². The summed E-state index contributed by atoms with van der Waals surface area (Å²) >= 11 is 0. The number of hydrogen-bond donors (Lipinski definition) is 10. The van der Waals surface area contributed by atoms with Crippen molar-refractivity contribution in [3.8, 4) is 40.1 Å². The van der Waals surface area contributed by atoms with Gasteiger partial charge in [0, 0.05) is 18.2 Å². The van der Waals surface area contributed by atoms with Crippen molar-refractivity contribution in [2.75, 3.05) is 13.2 Å². The average Bonchev–Trinajstić information content (AvgIpc) is 2.94. The summed E-state index contributed by atoms with van der Waals surface area (Å²) in [4.78, 5) is 0. The molecule has 0 saturated carbocycles. The summed E-state index contributed by atoms with van der Waals surface area (Å²) in [5.74, 6) is -1.98. The van der Waals surface area contributed by atoms with Crippen molar-refractivity contribution in [3.05, 3.63) is 36.4 Å². The molecule has 9 atom stereocenters. The van der Waals surface area contributed by atoms with Crippen LogP contribution >= 0.6 is 0 Å². The number of aromatic hydroxyl groups is 4. The largest absolute Gasteiger partial charge is 0.507 e. The Bertz CT molecular complexity index is 1400. The highest BCUT2D eigenvalue weighted by atomic mass is 16.8. The van der Waals surface area contributed by atoms with E-state index in [9.17, 15) is 51.1 Å². The monoisotopic (exact) mass is 581 g/mol. The minimum atomic E-state index is -1.80. The van der Waals surface area contributed by atoms with Gasteiger partial charge in [-0.1, -0.05) is 0 Å². The molecule has 41 heavy (non-hydrogen) atoms. The lowest BCUT2D eigenvalue weighted by molar-refractivity contribution is -0.344. The predicted molar refractivity (Wildman–Crippen MR) is 134 cm³/mol. The summed E-state index contributed by atoms with van der Waals surface area (Å²) in [7, 11) is 0. The van der Waals surface area contributed by atoms with E-state index < -0.39 is 85.8 Å². The number of rotatable bonds is 6. The van der Waals surface area contributed by atoms with Crippen LogP contribution in [0.1, 0.15) is 0 Å². The van der Waals surface area contributed by atoms with Crippen LogP contribution in [0.25, 0.3) is 22.3 Å². The number of fused-ring (bicyclic) bond motifs is 1. The molecule has 15 nitrogen and oxygen atoms in total. The van der Waals surface area contributed by atoms with E-state index in [1.54, 1.807) is 0 Å². The molecular formula is C26H29O15+. The van der Waals surface area contributed by atoms with E-state index in [0.717, 1.165) is 12.1 Å². The van der Waals surface area contributed by atoms with Gasteiger partial charge in [0.1, 0.15) is 53.5 Å². The molecule has 10 N–H and O–H groups in total. The maximum atomic E-state index is 10.9. The summed E-state index contributed by atoms with van der Waals surface area (Å²) in [6, 6.07) is 7.19. The normalized spacial score (nSPS) is 32.2. The Kier molecular flexibility index (Phi) is 8.06. The zero-order valence-electron chi connectivity index (χ0n) is 21.1. The Morgan fingerprint density at radius 1 is 0.805 bits per heavy atom. The molecule has 1 aromatic heterocycles. The molecule has 3 aromatic rings. The third-order valence-electron chi connectivity index (χ3n) is 6.87. The molecule has 2 aromatic carbocycles. The van der Waals surface area contributed by atoms with E-state index in [-0.39, 0.29) is 33.8 Å². The van der Waals surface area contributed by atoms with E-state index in [1.807, 2.05) is 0 Å². The highest BCUT2D eigenvalue weighted by Gasteiger charge is 2.50. The second-order valence-corrected chi connectivity index (χ2v) is 9.70. The number of phenols is 4. The molecule has 2 aliphatic heterocycles. The Labute approximate surface area is 230 Å². The summed E-state index contributed by atoms with van der Waals surface area (Å²) in [5, 5.41) is 101. The smallest absolute Gasteiger partial charge is 0.402 e. The number of benzene rings is 2. The first-order chi connectivity index (χ1) is 19.5. The zero-order valence-corrected chi connectivity index (χ0v) is 21.1. The van der Waals surface area contributed by atoms with Crippen LogP contribution in [-0.2, 0) is 14.2 Å². The summed E-state index contributed by atoms with van der Waals surface area (Å²) < 4.78 is 28.5. The minimum absolute atomic E-state index is 0.00950. The fourth-order valence-electron chi connectivity index (χ4n) is 4.61. The Morgan fingerprint density at radius 3 is 2.27 bits per heavy atom. The van der Waals surface area contributed by atoms with E-state index in [2.05, 4.69) is 0 Å². The lowest BCUT2D eigenvalue weighted by Gasteiger charge is -2.44. The SMILES string of the molecule is OCC1O[C@@H](Oc2cc3c(O)cc(O)cc3[o+]c2-c2ccc(O)c(O)c2)C(O[C@@H]2OC[C@@H](O)C(O)[C@H]2O)C(O)[C@@H]1O. The van der Waals surface area contributed by atoms with Gasteiger partial charge in [-0.3, -0.25) is 0 Å². The molecule has 0 spiro atoms. The molecule has 0 radical (unpaired) electrons. The molecule has 2 aliphatic rings. The molecule has 15 heteroatoms. The Balaban J connectivity index is 1.57. The van der Waals surface area contributed by atoms with Crippen molar-refractivity contribution in [1.82, 2.24) is 0 Å². The van der Waals surface area contributed by atoms with Gasteiger partial charge in [0.2, 0.25) is 12.0 Å². The molecule has 0 amide bonds. The Hall–Kier alpha value is -3.51. The lowest BCUT2D eigenvalue weighted by atomic mass is 9.98. The number of ether oxygens (including phenoxy) is 4. The minimum Gasteiger partial charge on any atom is -0.507 e. The van der Waals surface area contributed by atoms with Crippen LogP contribution in [0.4, 0.5) is 0 Å². The van der Waals surface area contributed by atoms with Gasteiger partial charge in [-0.2, -0.15) is 0 Å². The molecule has 2 fully saturated rings. The molecule has 5 rings (SSSR count). The van der Waals surface area contributed by atoms with Crippen LogP contribution in [0.5, 0.6) is 28.7 Å². The van der Waals surface area contributed by atoms with Gasteiger partial charge in [0.05, 0.1) is 24.8 Å². The van der Waals surface area contributed by atoms with Crippen molar-refractivity contribution in [2.45, 2.75) is 55.3 Å². The van der Waals surface area contributed by atoms with Gasteiger partial charge in [-0.25, -0.2) is 4.42 Å². The number of aliphatic hydroxyl groups is 6. The highest BCUT2D eigenvalue weighted by molar-refractivity contribution is 5.88. The maximum absolute atomic E-state index is 10.9. The second kappa shape index (κ2) is 11.4. The van der Waals surface area contributed by atoms with E-state index in [1.165, 1.54) is 24.3 Å². The van der Waals surface area contributed by atoms with Gasteiger partial charge in [0.15, 0.2) is 23.9 Å². The van der Waals surface area contributed by atoms with Crippen molar-refractivity contribution in [3.63, 3.8) is 0 Å². The van der Waals surface area contributed by atoms with E-state index in [0.29, 0.717) is 0 Å². The topological polar surface area (TPSA) is 251 Å². The highest BCUT2D eigenvalue weighted by Crippen LogP contribution is 2.42. The van der Waals surface area contributed by atoms with Crippen molar-refractivity contribution in [1.29, 1.82) is 0 Å². The molecular weight excluding hydrogens is 552 g/mol. The number of aliphatic hydroxyl groups excluding tert-OH is 6. The molecule has 4 unspecified atom stereocenters. The van der Waals surface area contributed by atoms with Crippen molar-refractivity contribution < 1.29 is 74.4 Å². The third kappa shape index (κ3) is 5.54. The molecule has 2 saturated heterocycles. The number of phenolic OH excluding ortho intramolecular Hbond substituents is 4. The quantitative estimate of drug-likeness (QED) is 0.122. The molecule has 222 valence electrons. The maximum Gasteiger partial charge on any atom is 0.402 e. The van der Waals surface area contributed by atoms with Gasteiger partial charge in [-0.15, -0.1) is 0 Å². The molecule has 0 aliphatic carbocycles. The van der Waals surface area contributed by atoms with Crippen LogP contribution in [0.3, 0.4) is 0 Å². The van der Waals surface area contributed by atoms with Crippen molar-refractivity contribution in [2.24, 2.45) is 0 Å². The third-order valence-corrected chi connectivity index (χ3v) is 6.87. The molecule has 0 bridgehead atoms. The first-order valence-corrected chi connectivity index (χ1v) is 12.4. The van der Waals surface area contributed by atoms with Crippen LogP contribution < -0.4 is 4.74 Å². The number of hydrogen-bond acceptors (Lipinski definition) is 14. The molecule has 3 heterocycles. The van der Waals surface area contributed by atoms with Gasteiger partial charge in [-0.05, 0) is 12.1 Å². The second-order valence-electron chi connectivity index (χ2n) is 9.70. The van der Waals surface area contributed by atoms with Crippen molar-refractivity contribution >= 4 is 11.0 Å². The fourth-order valence-corrected chi connectivity index (χ4v) is 4.61. The zero-order chi connectivity index (χ0) is 29.6. The van der Waals surface area contributed by atoms with Gasteiger partial charge < -0.3 is 70.0 Å². The predicted octanol–water partition coefficient (Wildman–Crippen LogP) is -1.15. The Morgan fingerprint density at radius 2 is 1.56 bits per heavy atom. The van der Waals surface area contributed by atoms with Crippen LogP contribution in [0.15, 0.2) is 40.8 Å². The van der Waals surface area contributed by atoms with Gasteiger partial charge in [0.25, 0.3) is 0 Å². The lowest BCUT2D eigenvalue weighted by Crippen LogP contribution is -2.63. The first kappa shape index (κ1) is 29.0. The van der Waals surface area contributed by atoms with Gasteiger partial charge >= 0.3 is 11.3 Å². The van der Waals surface area contributed by atoms with Crippen LogP contribution in [0, 0.1) is 0 Å².